The predicted molar refractivity (Wildman–Crippen MR) is 107 cm³/mol. The van der Waals surface area contributed by atoms with Crippen molar-refractivity contribution in [1.82, 2.24) is 15.1 Å². The highest BCUT2D eigenvalue weighted by Crippen LogP contribution is 2.14. The molecule has 0 aliphatic heterocycles. The van der Waals surface area contributed by atoms with Crippen LogP contribution in [-0.2, 0) is 6.54 Å². The fourth-order valence-electron chi connectivity index (χ4n) is 2.74. The van der Waals surface area contributed by atoms with Crippen LogP contribution in [-0.4, -0.2) is 28.1 Å². The normalized spacial score (nSPS) is 10.6. The Morgan fingerprint density at radius 2 is 1.89 bits per heavy atom. The van der Waals surface area contributed by atoms with Gasteiger partial charge < -0.3 is 10.6 Å². The van der Waals surface area contributed by atoms with Gasteiger partial charge >= 0.3 is 0 Å². The molecule has 2 heterocycles. The first kappa shape index (κ1) is 18.8. The third kappa shape index (κ3) is 5.04. The molecule has 0 aliphatic rings. The first-order chi connectivity index (χ1) is 13.0. The molecule has 1 aromatic carbocycles. The van der Waals surface area contributed by atoms with Crippen molar-refractivity contribution >= 4 is 28.8 Å². The lowest BCUT2D eigenvalue weighted by Gasteiger charge is -2.08. The highest BCUT2D eigenvalue weighted by atomic mass is 32.1. The molecule has 3 aromatic rings. The van der Waals surface area contributed by atoms with Crippen LogP contribution in [0, 0.1) is 13.8 Å². The second-order valence-electron chi connectivity index (χ2n) is 6.27. The number of hydrogen-bond acceptors (Lipinski definition) is 4. The van der Waals surface area contributed by atoms with E-state index in [1.165, 1.54) is 11.3 Å². The highest BCUT2D eigenvalue weighted by molar-refractivity contribution is 7.12. The minimum Gasteiger partial charge on any atom is -0.352 e. The van der Waals surface area contributed by atoms with E-state index in [1.807, 2.05) is 36.0 Å². The average molecular weight is 382 g/mol. The van der Waals surface area contributed by atoms with Gasteiger partial charge in [-0.25, -0.2) is 0 Å². The fraction of sp³-hybridized carbons (Fsp3) is 0.250. The Bertz CT molecular complexity index is 914. The van der Waals surface area contributed by atoms with E-state index in [0.29, 0.717) is 22.7 Å². The lowest BCUT2D eigenvalue weighted by Crippen LogP contribution is -2.25. The SMILES string of the molecule is Cc1cc(C)n(CCCNC(=O)c2ccc(NC(=O)c3cccs3)cc2)n1. The predicted octanol–water partition coefficient (Wildman–Crippen LogP) is 3.63. The van der Waals surface area contributed by atoms with Crippen LogP contribution in [0.1, 0.15) is 37.8 Å². The van der Waals surface area contributed by atoms with Gasteiger partial charge in [0.2, 0.25) is 0 Å². The summed E-state index contributed by atoms with van der Waals surface area (Å²) in [6.07, 6.45) is 0.808. The average Bonchev–Trinajstić information content (AvgIpc) is 3.29. The zero-order valence-corrected chi connectivity index (χ0v) is 16.2. The van der Waals surface area contributed by atoms with Gasteiger partial charge in [0.25, 0.3) is 11.8 Å². The van der Waals surface area contributed by atoms with E-state index in [1.54, 1.807) is 30.3 Å². The Hall–Kier alpha value is -2.93. The molecule has 3 rings (SSSR count). The maximum Gasteiger partial charge on any atom is 0.265 e. The number of nitrogens with one attached hydrogen (secondary N) is 2. The summed E-state index contributed by atoms with van der Waals surface area (Å²) in [5.74, 6) is -0.272. The number of carbonyl (C=O) groups excluding carboxylic acids is 2. The van der Waals surface area contributed by atoms with Crippen molar-refractivity contribution in [3.8, 4) is 0 Å². The summed E-state index contributed by atoms with van der Waals surface area (Å²) in [7, 11) is 0. The summed E-state index contributed by atoms with van der Waals surface area (Å²) in [6.45, 7) is 5.34. The van der Waals surface area contributed by atoms with Crippen LogP contribution < -0.4 is 10.6 Å². The maximum atomic E-state index is 12.2. The molecule has 7 heteroatoms. The van der Waals surface area contributed by atoms with Crippen LogP contribution in [0.4, 0.5) is 5.69 Å². The lowest BCUT2D eigenvalue weighted by molar-refractivity contribution is 0.0952. The third-order valence-electron chi connectivity index (χ3n) is 4.09. The zero-order valence-electron chi connectivity index (χ0n) is 15.4. The summed E-state index contributed by atoms with van der Waals surface area (Å²) in [5.41, 5.74) is 3.35. The van der Waals surface area contributed by atoms with Gasteiger partial charge in [-0.05, 0) is 62.0 Å². The van der Waals surface area contributed by atoms with E-state index in [9.17, 15) is 9.59 Å². The number of nitrogens with zero attached hydrogens (tertiary/aromatic N) is 2. The monoisotopic (exact) mass is 382 g/mol. The minimum absolute atomic E-state index is 0.125. The van der Waals surface area contributed by atoms with Crippen molar-refractivity contribution in [1.29, 1.82) is 0 Å². The topological polar surface area (TPSA) is 76.0 Å². The van der Waals surface area contributed by atoms with Gasteiger partial charge in [0.1, 0.15) is 0 Å². The molecule has 0 fully saturated rings. The second kappa shape index (κ2) is 8.64. The van der Waals surface area contributed by atoms with Crippen LogP contribution in [0.3, 0.4) is 0 Å². The molecule has 6 nitrogen and oxygen atoms in total. The number of anilines is 1. The quantitative estimate of drug-likeness (QED) is 0.613. The van der Waals surface area contributed by atoms with E-state index in [4.69, 9.17) is 0 Å². The van der Waals surface area contributed by atoms with Crippen LogP contribution in [0.25, 0.3) is 0 Å². The molecule has 0 atom stereocenters. The number of aryl methyl sites for hydroxylation is 3. The van der Waals surface area contributed by atoms with Crippen LogP contribution >= 0.6 is 11.3 Å². The van der Waals surface area contributed by atoms with E-state index >= 15 is 0 Å². The molecule has 140 valence electrons. The molecule has 0 bridgehead atoms. The van der Waals surface area contributed by atoms with Crippen molar-refractivity contribution < 1.29 is 9.59 Å². The number of hydrogen-bond donors (Lipinski definition) is 2. The van der Waals surface area contributed by atoms with Crippen molar-refractivity contribution in [2.24, 2.45) is 0 Å². The molecule has 0 saturated heterocycles. The number of benzene rings is 1. The first-order valence-corrected chi connectivity index (χ1v) is 9.65. The van der Waals surface area contributed by atoms with Gasteiger partial charge in [-0.1, -0.05) is 6.07 Å². The largest absolute Gasteiger partial charge is 0.352 e. The molecular weight excluding hydrogens is 360 g/mol. The molecular formula is C20H22N4O2S. The summed E-state index contributed by atoms with van der Waals surface area (Å²) >= 11 is 1.39. The van der Waals surface area contributed by atoms with Gasteiger partial charge in [0.05, 0.1) is 10.6 Å². The fourth-order valence-corrected chi connectivity index (χ4v) is 3.36. The van der Waals surface area contributed by atoms with Gasteiger partial charge in [0.15, 0.2) is 0 Å². The Labute approximate surface area is 162 Å². The summed E-state index contributed by atoms with van der Waals surface area (Å²) < 4.78 is 1.95. The standard InChI is InChI=1S/C20H22N4O2S/c1-14-13-15(2)24(23-14)11-4-10-21-19(25)16-6-8-17(9-7-16)22-20(26)18-5-3-12-27-18/h3,5-9,12-13H,4,10-11H2,1-2H3,(H,21,25)(H,22,26). The Morgan fingerprint density at radius 1 is 1.11 bits per heavy atom. The highest BCUT2D eigenvalue weighted by Gasteiger charge is 2.09. The second-order valence-corrected chi connectivity index (χ2v) is 7.22. The van der Waals surface area contributed by atoms with Crippen molar-refractivity contribution in [3.05, 3.63) is 69.7 Å². The minimum atomic E-state index is -0.147. The summed E-state index contributed by atoms with van der Waals surface area (Å²) in [5, 5.41) is 12.0. The first-order valence-electron chi connectivity index (χ1n) is 8.77. The van der Waals surface area contributed by atoms with E-state index in [0.717, 1.165) is 24.4 Å². The van der Waals surface area contributed by atoms with Gasteiger partial charge in [-0.3, -0.25) is 14.3 Å². The maximum absolute atomic E-state index is 12.2. The molecule has 0 spiro atoms. The van der Waals surface area contributed by atoms with Gasteiger partial charge in [-0.15, -0.1) is 11.3 Å². The van der Waals surface area contributed by atoms with E-state index in [2.05, 4.69) is 15.7 Å². The number of aromatic nitrogens is 2. The van der Waals surface area contributed by atoms with Crippen LogP contribution in [0.15, 0.2) is 47.8 Å². The molecule has 2 N–H and O–H groups in total. The smallest absolute Gasteiger partial charge is 0.265 e. The zero-order chi connectivity index (χ0) is 19.2. The number of rotatable bonds is 7. The van der Waals surface area contributed by atoms with E-state index in [-0.39, 0.29) is 11.8 Å². The van der Waals surface area contributed by atoms with Crippen LogP contribution in [0.5, 0.6) is 0 Å². The molecule has 2 amide bonds. The van der Waals surface area contributed by atoms with Crippen molar-refractivity contribution in [3.63, 3.8) is 0 Å². The van der Waals surface area contributed by atoms with Crippen LogP contribution in [0.2, 0.25) is 0 Å². The Morgan fingerprint density at radius 3 is 2.52 bits per heavy atom. The molecule has 27 heavy (non-hydrogen) atoms. The van der Waals surface area contributed by atoms with Gasteiger partial charge in [-0.2, -0.15) is 5.10 Å². The van der Waals surface area contributed by atoms with Crippen molar-refractivity contribution in [2.45, 2.75) is 26.8 Å². The Balaban J connectivity index is 1.46. The molecule has 2 aromatic heterocycles. The molecule has 0 radical (unpaired) electrons. The summed E-state index contributed by atoms with van der Waals surface area (Å²) in [6, 6.07) is 12.5. The lowest BCUT2D eigenvalue weighted by atomic mass is 10.2. The third-order valence-corrected chi connectivity index (χ3v) is 4.95. The summed E-state index contributed by atoms with van der Waals surface area (Å²) in [4.78, 5) is 24.9. The number of amides is 2. The van der Waals surface area contributed by atoms with E-state index < -0.39 is 0 Å². The Kier molecular flexibility index (Phi) is 6.03. The number of carbonyl (C=O) groups is 2. The van der Waals surface area contributed by atoms with Gasteiger partial charge in [0, 0.05) is 30.0 Å². The number of thiophene rings is 1. The molecule has 0 aliphatic carbocycles. The molecule has 0 unspecified atom stereocenters. The molecule has 0 saturated carbocycles. The van der Waals surface area contributed by atoms with Crippen molar-refractivity contribution in [2.75, 3.05) is 11.9 Å².